The lowest BCUT2D eigenvalue weighted by atomic mass is 10.2. The van der Waals surface area contributed by atoms with Gasteiger partial charge in [0.2, 0.25) is 0 Å². The van der Waals surface area contributed by atoms with Crippen molar-refractivity contribution in [2.75, 3.05) is 30.4 Å². The Balaban J connectivity index is 2.16. The second-order valence-corrected chi connectivity index (χ2v) is 4.30. The topological polar surface area (TPSA) is 90.8 Å². The number of fused-ring (bicyclic) bond motifs is 1. The summed E-state index contributed by atoms with van der Waals surface area (Å²) in [4.78, 5) is 11.2. The zero-order valence-electron chi connectivity index (χ0n) is 9.44. The van der Waals surface area contributed by atoms with Crippen LogP contribution in [0.3, 0.4) is 0 Å². The molecule has 0 saturated carbocycles. The first kappa shape index (κ1) is 12.9. The Bertz CT molecular complexity index is 467. The van der Waals surface area contributed by atoms with Crippen LogP contribution in [0.5, 0.6) is 5.75 Å². The maximum Gasteiger partial charge on any atom is 0.262 e. The molecule has 7 heteroatoms. The van der Waals surface area contributed by atoms with Gasteiger partial charge in [-0.2, -0.15) is 0 Å². The number of nitrogens with one attached hydrogen (secondary N) is 2. The van der Waals surface area contributed by atoms with E-state index in [0.717, 1.165) is 0 Å². The Kier molecular flexibility index (Phi) is 3.90. The number of anilines is 2. The fraction of sp³-hybridized carbons (Fsp3) is 0.364. The highest BCUT2D eigenvalue weighted by Gasteiger charge is 2.19. The Hall–Kier alpha value is -1.50. The average molecular weight is 273 g/mol. The molecule has 1 aliphatic heterocycles. The standard InChI is InChI=1S/C11H13ClN2O4/c12-8-1-6(13-3-7(16)4-15)2-9-11(8)18-5-10(17)14-9/h1-2,7,13,15-16H,3-5H2,(H,14,17). The van der Waals surface area contributed by atoms with Gasteiger partial charge < -0.3 is 25.6 Å². The van der Waals surface area contributed by atoms with Crippen molar-refractivity contribution in [3.05, 3.63) is 17.2 Å². The monoisotopic (exact) mass is 272 g/mol. The zero-order chi connectivity index (χ0) is 13.1. The minimum Gasteiger partial charge on any atom is -0.480 e. The highest BCUT2D eigenvalue weighted by atomic mass is 35.5. The molecule has 0 bridgehead atoms. The number of carbonyl (C=O) groups is 1. The van der Waals surface area contributed by atoms with Gasteiger partial charge in [-0.1, -0.05) is 11.6 Å². The van der Waals surface area contributed by atoms with Gasteiger partial charge >= 0.3 is 0 Å². The summed E-state index contributed by atoms with van der Waals surface area (Å²) < 4.78 is 5.21. The summed E-state index contributed by atoms with van der Waals surface area (Å²) in [6.07, 6.45) is -0.856. The third-order valence-corrected chi connectivity index (χ3v) is 2.70. The number of rotatable bonds is 4. The molecule has 1 amide bonds. The van der Waals surface area contributed by atoms with Gasteiger partial charge in [-0.15, -0.1) is 0 Å². The molecule has 0 fully saturated rings. The van der Waals surface area contributed by atoms with Crippen LogP contribution in [0.4, 0.5) is 11.4 Å². The number of benzene rings is 1. The number of amides is 1. The summed E-state index contributed by atoms with van der Waals surface area (Å²) in [6, 6.07) is 3.28. The van der Waals surface area contributed by atoms with Crippen LogP contribution in [0.15, 0.2) is 12.1 Å². The Morgan fingerprint density at radius 3 is 3.06 bits per heavy atom. The van der Waals surface area contributed by atoms with Crippen LogP contribution in [-0.2, 0) is 4.79 Å². The van der Waals surface area contributed by atoms with Gasteiger partial charge in [0.25, 0.3) is 5.91 Å². The van der Waals surface area contributed by atoms with E-state index in [9.17, 15) is 9.90 Å². The lowest BCUT2D eigenvalue weighted by Crippen LogP contribution is -2.26. The summed E-state index contributed by atoms with van der Waals surface area (Å²) in [5, 5.41) is 23.8. The molecule has 1 atom stereocenters. The minimum absolute atomic E-state index is 0.0529. The molecule has 0 radical (unpaired) electrons. The summed E-state index contributed by atoms with van der Waals surface area (Å²) in [5.74, 6) is 0.190. The van der Waals surface area contributed by atoms with E-state index in [4.69, 9.17) is 21.4 Å². The fourth-order valence-corrected chi connectivity index (χ4v) is 1.83. The largest absolute Gasteiger partial charge is 0.480 e. The van der Waals surface area contributed by atoms with Crippen LogP contribution in [-0.4, -0.2) is 42.0 Å². The van der Waals surface area contributed by atoms with Crippen LogP contribution in [0.25, 0.3) is 0 Å². The zero-order valence-corrected chi connectivity index (χ0v) is 10.2. The van der Waals surface area contributed by atoms with Crippen molar-refractivity contribution in [1.29, 1.82) is 0 Å². The lowest BCUT2D eigenvalue weighted by Gasteiger charge is -2.20. The van der Waals surface area contributed by atoms with Gasteiger partial charge in [-0.25, -0.2) is 0 Å². The van der Waals surface area contributed by atoms with E-state index < -0.39 is 6.10 Å². The Morgan fingerprint density at radius 2 is 2.33 bits per heavy atom. The quantitative estimate of drug-likeness (QED) is 0.638. The molecular formula is C11H13ClN2O4. The maximum absolute atomic E-state index is 11.2. The van der Waals surface area contributed by atoms with E-state index >= 15 is 0 Å². The molecule has 1 aliphatic rings. The van der Waals surface area contributed by atoms with Crippen molar-refractivity contribution in [1.82, 2.24) is 0 Å². The van der Waals surface area contributed by atoms with Gasteiger partial charge in [0, 0.05) is 12.2 Å². The SMILES string of the molecule is O=C1COc2c(Cl)cc(NCC(O)CO)cc2N1. The second kappa shape index (κ2) is 5.43. The van der Waals surface area contributed by atoms with Crippen LogP contribution in [0.2, 0.25) is 5.02 Å². The van der Waals surface area contributed by atoms with E-state index in [2.05, 4.69) is 10.6 Å². The highest BCUT2D eigenvalue weighted by Crippen LogP contribution is 2.38. The van der Waals surface area contributed by atoms with Crippen molar-refractivity contribution in [3.8, 4) is 5.75 Å². The molecule has 1 aromatic carbocycles. The molecule has 0 spiro atoms. The molecule has 98 valence electrons. The van der Waals surface area contributed by atoms with Crippen LogP contribution in [0, 0.1) is 0 Å². The molecule has 0 saturated heterocycles. The molecule has 4 N–H and O–H groups in total. The highest BCUT2D eigenvalue weighted by molar-refractivity contribution is 6.33. The first-order valence-corrected chi connectivity index (χ1v) is 5.77. The summed E-state index contributed by atoms with van der Waals surface area (Å²) in [7, 11) is 0. The van der Waals surface area contributed by atoms with Crippen LogP contribution >= 0.6 is 11.6 Å². The number of carbonyl (C=O) groups excluding carboxylic acids is 1. The van der Waals surface area contributed by atoms with Gasteiger partial charge in [-0.05, 0) is 12.1 Å². The third-order valence-electron chi connectivity index (χ3n) is 2.42. The number of aliphatic hydroxyl groups excluding tert-OH is 2. The van der Waals surface area contributed by atoms with Crippen molar-refractivity contribution >= 4 is 28.9 Å². The molecule has 1 heterocycles. The third kappa shape index (κ3) is 2.84. The number of ether oxygens (including phenoxy) is 1. The predicted octanol–water partition coefficient (Wildman–Crippen LogP) is 0.436. The van der Waals surface area contributed by atoms with E-state index in [1.165, 1.54) is 0 Å². The predicted molar refractivity (Wildman–Crippen MR) is 67.2 cm³/mol. The molecule has 1 aromatic rings. The van der Waals surface area contributed by atoms with Crippen LogP contribution < -0.4 is 15.4 Å². The summed E-state index contributed by atoms with van der Waals surface area (Å²) in [5.41, 5.74) is 1.11. The fourth-order valence-electron chi connectivity index (χ4n) is 1.56. The molecule has 0 aromatic heterocycles. The average Bonchev–Trinajstić information content (AvgIpc) is 2.35. The van der Waals surface area contributed by atoms with Gasteiger partial charge in [0.05, 0.1) is 23.4 Å². The number of aliphatic hydroxyl groups is 2. The summed E-state index contributed by atoms with van der Waals surface area (Å²) >= 11 is 6.02. The van der Waals surface area contributed by atoms with Crippen molar-refractivity contribution in [2.24, 2.45) is 0 Å². The molecular weight excluding hydrogens is 260 g/mol. The maximum atomic E-state index is 11.2. The molecule has 18 heavy (non-hydrogen) atoms. The van der Waals surface area contributed by atoms with Crippen molar-refractivity contribution < 1.29 is 19.7 Å². The molecule has 2 rings (SSSR count). The number of hydrogen-bond acceptors (Lipinski definition) is 5. The Morgan fingerprint density at radius 1 is 1.56 bits per heavy atom. The van der Waals surface area contributed by atoms with Gasteiger partial charge in [-0.3, -0.25) is 4.79 Å². The number of hydrogen-bond donors (Lipinski definition) is 4. The normalized spacial score (nSPS) is 15.4. The van der Waals surface area contributed by atoms with E-state index in [1.807, 2.05) is 0 Å². The summed E-state index contributed by atoms with van der Waals surface area (Å²) in [6.45, 7) is -0.200. The lowest BCUT2D eigenvalue weighted by molar-refractivity contribution is -0.118. The van der Waals surface area contributed by atoms with Crippen molar-refractivity contribution in [3.63, 3.8) is 0 Å². The first-order valence-electron chi connectivity index (χ1n) is 5.39. The van der Waals surface area contributed by atoms with E-state index in [1.54, 1.807) is 12.1 Å². The van der Waals surface area contributed by atoms with E-state index in [0.29, 0.717) is 22.1 Å². The second-order valence-electron chi connectivity index (χ2n) is 3.89. The smallest absolute Gasteiger partial charge is 0.262 e. The van der Waals surface area contributed by atoms with Gasteiger partial charge in [0.1, 0.15) is 0 Å². The van der Waals surface area contributed by atoms with E-state index in [-0.39, 0.29) is 25.7 Å². The first-order chi connectivity index (χ1) is 8.60. The minimum atomic E-state index is -0.856. The Labute approximate surface area is 109 Å². The molecule has 1 unspecified atom stereocenters. The number of halogens is 1. The van der Waals surface area contributed by atoms with Gasteiger partial charge in [0.15, 0.2) is 12.4 Å². The van der Waals surface area contributed by atoms with Crippen molar-refractivity contribution in [2.45, 2.75) is 6.10 Å². The molecule has 6 nitrogen and oxygen atoms in total. The molecule has 0 aliphatic carbocycles. The van der Waals surface area contributed by atoms with Crippen LogP contribution in [0.1, 0.15) is 0 Å².